The summed E-state index contributed by atoms with van der Waals surface area (Å²) in [6.07, 6.45) is 0. The van der Waals surface area contributed by atoms with E-state index in [-0.39, 0.29) is 0 Å². The first-order chi connectivity index (χ1) is 11.7. The summed E-state index contributed by atoms with van der Waals surface area (Å²) in [6, 6.07) is 15.9. The maximum Gasteiger partial charge on any atom is 0.212 e. The van der Waals surface area contributed by atoms with Crippen LogP contribution in [0.5, 0.6) is 0 Å². The van der Waals surface area contributed by atoms with Gasteiger partial charge in [-0.2, -0.15) is 5.10 Å². The number of hydrogen-bond donors (Lipinski definition) is 0. The van der Waals surface area contributed by atoms with Gasteiger partial charge in [0.2, 0.25) is 5.13 Å². The standard InChI is InChI=1S/C18H14N4OS/c1-11-7-9-13(10-8-11)17-16(21-23)12(2)20-22(17)18-19-14-5-3-4-6-15(14)24-18/h3-10H,1-2H3. The van der Waals surface area contributed by atoms with Crippen molar-refractivity contribution < 1.29 is 0 Å². The van der Waals surface area contributed by atoms with E-state index >= 15 is 0 Å². The molecule has 0 amide bonds. The van der Waals surface area contributed by atoms with Crippen LogP contribution in [0.25, 0.3) is 26.6 Å². The number of nitrogens with zero attached hydrogens (tertiary/aromatic N) is 4. The van der Waals surface area contributed by atoms with Gasteiger partial charge in [-0.05, 0) is 31.2 Å². The van der Waals surface area contributed by atoms with Crippen molar-refractivity contribution in [2.75, 3.05) is 0 Å². The number of benzene rings is 2. The van der Waals surface area contributed by atoms with Gasteiger partial charge < -0.3 is 0 Å². The minimum Gasteiger partial charge on any atom is -0.218 e. The Labute approximate surface area is 142 Å². The number of nitroso groups, excluding NO2 is 1. The van der Waals surface area contributed by atoms with Crippen molar-refractivity contribution in [2.24, 2.45) is 5.18 Å². The van der Waals surface area contributed by atoms with Crippen LogP contribution in [0.4, 0.5) is 5.69 Å². The summed E-state index contributed by atoms with van der Waals surface area (Å²) in [4.78, 5) is 16.0. The molecule has 0 saturated carbocycles. The van der Waals surface area contributed by atoms with Gasteiger partial charge in [0.25, 0.3) is 0 Å². The molecule has 5 nitrogen and oxygen atoms in total. The summed E-state index contributed by atoms with van der Waals surface area (Å²) in [6.45, 7) is 3.82. The molecule has 0 N–H and O–H groups in total. The zero-order valence-electron chi connectivity index (χ0n) is 13.2. The van der Waals surface area contributed by atoms with Gasteiger partial charge in [-0.3, -0.25) is 0 Å². The second kappa shape index (κ2) is 5.65. The first-order valence-corrected chi connectivity index (χ1v) is 8.35. The molecule has 6 heteroatoms. The summed E-state index contributed by atoms with van der Waals surface area (Å²) >= 11 is 1.54. The molecular formula is C18H14N4OS. The van der Waals surface area contributed by atoms with E-state index < -0.39 is 0 Å². The van der Waals surface area contributed by atoms with Crippen molar-refractivity contribution in [1.29, 1.82) is 0 Å². The average molecular weight is 334 g/mol. The van der Waals surface area contributed by atoms with Crippen LogP contribution in [0.3, 0.4) is 0 Å². The lowest BCUT2D eigenvalue weighted by atomic mass is 10.1. The summed E-state index contributed by atoms with van der Waals surface area (Å²) in [7, 11) is 0. The molecule has 2 aromatic carbocycles. The maximum atomic E-state index is 11.4. The molecule has 0 fully saturated rings. The molecule has 0 spiro atoms. The number of aromatic nitrogens is 3. The van der Waals surface area contributed by atoms with Crippen LogP contribution in [0.2, 0.25) is 0 Å². The van der Waals surface area contributed by atoms with E-state index in [9.17, 15) is 4.91 Å². The Bertz CT molecular complexity index is 1010. The zero-order valence-corrected chi connectivity index (χ0v) is 14.0. The van der Waals surface area contributed by atoms with Gasteiger partial charge in [0.05, 0.1) is 15.9 Å². The van der Waals surface area contributed by atoms with Crippen LogP contribution in [-0.2, 0) is 0 Å². The molecule has 0 unspecified atom stereocenters. The molecule has 4 aromatic rings. The van der Waals surface area contributed by atoms with E-state index in [1.807, 2.05) is 55.5 Å². The van der Waals surface area contributed by atoms with E-state index in [4.69, 9.17) is 0 Å². The van der Waals surface area contributed by atoms with E-state index in [0.717, 1.165) is 26.5 Å². The van der Waals surface area contributed by atoms with Crippen molar-refractivity contribution in [1.82, 2.24) is 14.8 Å². The fourth-order valence-electron chi connectivity index (χ4n) is 2.69. The first kappa shape index (κ1) is 14.7. The molecule has 2 aromatic heterocycles. The minimum atomic E-state index is 0.359. The SMILES string of the molecule is Cc1ccc(-c2c(N=O)c(C)nn2-c2nc3ccccc3s2)cc1. The Morgan fingerprint density at radius 3 is 2.50 bits per heavy atom. The van der Waals surface area contributed by atoms with Crippen LogP contribution < -0.4 is 0 Å². The number of hydrogen-bond acceptors (Lipinski definition) is 5. The van der Waals surface area contributed by atoms with Gasteiger partial charge in [0.1, 0.15) is 5.69 Å². The van der Waals surface area contributed by atoms with E-state index in [0.29, 0.717) is 17.1 Å². The fraction of sp³-hybridized carbons (Fsp3) is 0.111. The molecule has 4 rings (SSSR count). The fourth-order valence-corrected chi connectivity index (χ4v) is 3.61. The smallest absolute Gasteiger partial charge is 0.212 e. The summed E-state index contributed by atoms with van der Waals surface area (Å²) in [5.41, 5.74) is 4.61. The predicted octanol–water partition coefficient (Wildman–Crippen LogP) is 5.16. The van der Waals surface area contributed by atoms with E-state index in [2.05, 4.69) is 15.3 Å². The summed E-state index contributed by atoms with van der Waals surface area (Å²) < 4.78 is 2.80. The molecule has 0 atom stereocenters. The number of aryl methyl sites for hydroxylation is 2. The lowest BCUT2D eigenvalue weighted by Crippen LogP contribution is -1.98. The molecule has 0 bridgehead atoms. The summed E-state index contributed by atoms with van der Waals surface area (Å²) in [5, 5.41) is 8.46. The van der Waals surface area contributed by atoms with Gasteiger partial charge in [0, 0.05) is 5.56 Å². The first-order valence-electron chi connectivity index (χ1n) is 7.53. The van der Waals surface area contributed by atoms with Gasteiger partial charge in [-0.1, -0.05) is 53.3 Å². The Balaban J connectivity index is 1.98. The lowest BCUT2D eigenvalue weighted by Gasteiger charge is -2.05. The van der Waals surface area contributed by atoms with Crippen LogP contribution in [-0.4, -0.2) is 14.8 Å². The van der Waals surface area contributed by atoms with E-state index in [1.165, 1.54) is 0 Å². The molecule has 24 heavy (non-hydrogen) atoms. The number of thiazole rings is 1. The molecule has 2 heterocycles. The highest BCUT2D eigenvalue weighted by Gasteiger charge is 2.21. The average Bonchev–Trinajstić information content (AvgIpc) is 3.16. The normalized spacial score (nSPS) is 11.1. The molecule has 0 aliphatic rings. The second-order valence-electron chi connectivity index (χ2n) is 5.62. The van der Waals surface area contributed by atoms with Crippen LogP contribution >= 0.6 is 11.3 Å². The third-order valence-electron chi connectivity index (χ3n) is 3.91. The Hall–Kier alpha value is -2.86. The third-order valence-corrected chi connectivity index (χ3v) is 4.92. The highest BCUT2D eigenvalue weighted by Crippen LogP contribution is 2.37. The third kappa shape index (κ3) is 2.32. The number of para-hydroxylation sites is 1. The maximum absolute atomic E-state index is 11.4. The quantitative estimate of drug-likeness (QED) is 0.486. The molecule has 118 valence electrons. The second-order valence-corrected chi connectivity index (χ2v) is 6.63. The lowest BCUT2D eigenvalue weighted by molar-refractivity contribution is 0.862. The van der Waals surface area contributed by atoms with Crippen LogP contribution in [0, 0.1) is 18.8 Å². The highest BCUT2D eigenvalue weighted by atomic mass is 32.1. The van der Waals surface area contributed by atoms with Crippen molar-refractivity contribution in [2.45, 2.75) is 13.8 Å². The molecule has 0 aliphatic carbocycles. The molecular weight excluding hydrogens is 320 g/mol. The molecule has 0 radical (unpaired) electrons. The van der Waals surface area contributed by atoms with Crippen molar-refractivity contribution >= 4 is 27.2 Å². The topological polar surface area (TPSA) is 60.1 Å². The monoisotopic (exact) mass is 334 g/mol. The van der Waals surface area contributed by atoms with Crippen LogP contribution in [0.1, 0.15) is 11.3 Å². The van der Waals surface area contributed by atoms with Crippen LogP contribution in [0.15, 0.2) is 53.7 Å². The minimum absolute atomic E-state index is 0.359. The predicted molar refractivity (Wildman–Crippen MR) is 97.1 cm³/mol. The van der Waals surface area contributed by atoms with E-state index in [1.54, 1.807) is 22.9 Å². The largest absolute Gasteiger partial charge is 0.218 e. The molecule has 0 aliphatic heterocycles. The zero-order chi connectivity index (χ0) is 16.7. The number of rotatable bonds is 3. The molecule has 0 saturated heterocycles. The van der Waals surface area contributed by atoms with Gasteiger partial charge in [-0.15, -0.1) is 4.91 Å². The Morgan fingerprint density at radius 1 is 1.04 bits per heavy atom. The van der Waals surface area contributed by atoms with Gasteiger partial charge in [0.15, 0.2) is 5.69 Å². The Kier molecular flexibility index (Phi) is 3.46. The van der Waals surface area contributed by atoms with Gasteiger partial charge in [-0.25, -0.2) is 9.67 Å². The number of fused-ring (bicyclic) bond motifs is 1. The highest BCUT2D eigenvalue weighted by molar-refractivity contribution is 7.20. The summed E-state index contributed by atoms with van der Waals surface area (Å²) in [5.74, 6) is 0. The van der Waals surface area contributed by atoms with Gasteiger partial charge >= 0.3 is 0 Å². The Morgan fingerprint density at radius 2 is 1.79 bits per heavy atom. The van der Waals surface area contributed by atoms with Crippen molar-refractivity contribution in [3.05, 3.63) is 64.7 Å². The van der Waals surface area contributed by atoms with Crippen molar-refractivity contribution in [3.63, 3.8) is 0 Å². The van der Waals surface area contributed by atoms with Crippen molar-refractivity contribution in [3.8, 4) is 16.4 Å².